The van der Waals surface area contributed by atoms with Gasteiger partial charge < -0.3 is 15.4 Å². The molecule has 1 aromatic rings. The fourth-order valence-electron chi connectivity index (χ4n) is 3.31. The highest BCUT2D eigenvalue weighted by Gasteiger charge is 2.42. The Morgan fingerprint density at radius 2 is 2.26 bits per heavy atom. The number of fused-ring (bicyclic) bond motifs is 2. The van der Waals surface area contributed by atoms with Gasteiger partial charge in [0.05, 0.1) is 13.0 Å². The number of methoxy groups -OCH3 is 1. The largest absolute Gasteiger partial charge is 0.496 e. The molecule has 2 N–H and O–H groups in total. The van der Waals surface area contributed by atoms with E-state index in [1.807, 2.05) is 25.1 Å². The third-order valence-electron chi connectivity index (χ3n) is 4.30. The molecule has 2 bridgehead atoms. The summed E-state index contributed by atoms with van der Waals surface area (Å²) in [6, 6.07) is 6.67. The predicted octanol–water partition coefficient (Wildman–Crippen LogP) is 2.08. The lowest BCUT2D eigenvalue weighted by Crippen LogP contribution is -2.32. The molecule has 2 saturated heterocycles. The average molecular weight is 260 g/mol. The monoisotopic (exact) mass is 260 g/mol. The minimum absolute atomic E-state index is 0.126. The van der Waals surface area contributed by atoms with Crippen LogP contribution in [0.15, 0.2) is 18.2 Å². The van der Waals surface area contributed by atoms with Crippen LogP contribution in [0, 0.1) is 12.8 Å². The fraction of sp³-hybridized carbons (Fsp3) is 0.533. The van der Waals surface area contributed by atoms with Crippen molar-refractivity contribution in [2.24, 2.45) is 5.92 Å². The molecule has 0 aromatic heterocycles. The SMILES string of the molecule is COc1ccc(NC(=O)C2CC3CCC2N3)cc1C. The Hall–Kier alpha value is -1.55. The quantitative estimate of drug-likeness (QED) is 0.875. The lowest BCUT2D eigenvalue weighted by molar-refractivity contribution is -0.120. The minimum Gasteiger partial charge on any atom is -0.496 e. The first kappa shape index (κ1) is 12.5. The molecule has 4 heteroatoms. The number of nitrogens with one attached hydrogen (secondary N) is 2. The first-order chi connectivity index (χ1) is 9.17. The van der Waals surface area contributed by atoms with Gasteiger partial charge >= 0.3 is 0 Å². The van der Waals surface area contributed by atoms with E-state index < -0.39 is 0 Å². The van der Waals surface area contributed by atoms with Crippen LogP contribution in [0.1, 0.15) is 24.8 Å². The van der Waals surface area contributed by atoms with Crippen LogP contribution < -0.4 is 15.4 Å². The Kier molecular flexibility index (Phi) is 3.19. The molecule has 3 unspecified atom stereocenters. The highest BCUT2D eigenvalue weighted by molar-refractivity contribution is 5.93. The Morgan fingerprint density at radius 3 is 2.84 bits per heavy atom. The second kappa shape index (κ2) is 4.85. The molecule has 2 heterocycles. The van der Waals surface area contributed by atoms with Crippen molar-refractivity contribution in [3.63, 3.8) is 0 Å². The fourth-order valence-corrected chi connectivity index (χ4v) is 3.31. The third-order valence-corrected chi connectivity index (χ3v) is 4.30. The van der Waals surface area contributed by atoms with Gasteiger partial charge in [-0.25, -0.2) is 0 Å². The number of carbonyl (C=O) groups excluding carboxylic acids is 1. The van der Waals surface area contributed by atoms with Crippen LogP contribution in [-0.4, -0.2) is 25.1 Å². The van der Waals surface area contributed by atoms with Crippen LogP contribution in [0.25, 0.3) is 0 Å². The molecule has 1 aromatic carbocycles. The summed E-state index contributed by atoms with van der Waals surface area (Å²) < 4.78 is 5.22. The summed E-state index contributed by atoms with van der Waals surface area (Å²) in [6.07, 6.45) is 3.33. The van der Waals surface area contributed by atoms with Gasteiger partial charge in [0.1, 0.15) is 5.75 Å². The van der Waals surface area contributed by atoms with Crippen molar-refractivity contribution in [2.45, 2.75) is 38.3 Å². The van der Waals surface area contributed by atoms with Crippen molar-refractivity contribution in [3.05, 3.63) is 23.8 Å². The lowest BCUT2D eigenvalue weighted by Gasteiger charge is -2.19. The topological polar surface area (TPSA) is 50.4 Å². The van der Waals surface area contributed by atoms with Crippen molar-refractivity contribution >= 4 is 11.6 Å². The van der Waals surface area contributed by atoms with Gasteiger partial charge in [-0.2, -0.15) is 0 Å². The molecule has 0 radical (unpaired) electrons. The molecule has 1 amide bonds. The van der Waals surface area contributed by atoms with Crippen LogP contribution in [0.2, 0.25) is 0 Å². The highest BCUT2D eigenvalue weighted by atomic mass is 16.5. The summed E-state index contributed by atoms with van der Waals surface area (Å²) in [6.45, 7) is 1.98. The Balaban J connectivity index is 1.68. The molecule has 3 rings (SSSR count). The molecular formula is C15H20N2O2. The Morgan fingerprint density at radius 1 is 1.42 bits per heavy atom. The third kappa shape index (κ3) is 2.32. The second-order valence-electron chi connectivity index (χ2n) is 5.56. The molecule has 3 atom stereocenters. The maximum atomic E-state index is 12.3. The van der Waals surface area contributed by atoms with Crippen LogP contribution in [0.4, 0.5) is 5.69 Å². The van der Waals surface area contributed by atoms with Crippen LogP contribution in [0.5, 0.6) is 5.75 Å². The normalized spacial score (nSPS) is 28.4. The van der Waals surface area contributed by atoms with E-state index in [0.717, 1.165) is 29.8 Å². The zero-order valence-electron chi connectivity index (χ0n) is 11.4. The molecule has 2 fully saturated rings. The van der Waals surface area contributed by atoms with E-state index in [-0.39, 0.29) is 11.8 Å². The number of amides is 1. The summed E-state index contributed by atoms with van der Waals surface area (Å²) in [5.41, 5.74) is 1.89. The van der Waals surface area contributed by atoms with E-state index in [1.165, 1.54) is 6.42 Å². The number of anilines is 1. The molecule has 0 saturated carbocycles. The van der Waals surface area contributed by atoms with Crippen LogP contribution in [0.3, 0.4) is 0 Å². The molecule has 4 nitrogen and oxygen atoms in total. The first-order valence-electron chi connectivity index (χ1n) is 6.89. The smallest absolute Gasteiger partial charge is 0.229 e. The summed E-state index contributed by atoms with van der Waals surface area (Å²) in [7, 11) is 1.65. The molecule has 2 aliphatic rings. The standard InChI is InChI=1S/C15H20N2O2/c1-9-7-10(4-6-14(9)19-2)17-15(18)12-8-11-3-5-13(12)16-11/h4,6-7,11-13,16H,3,5,8H2,1-2H3,(H,17,18). The van der Waals surface area contributed by atoms with Gasteiger partial charge in [0.15, 0.2) is 0 Å². The van der Waals surface area contributed by atoms with E-state index in [9.17, 15) is 4.79 Å². The van der Waals surface area contributed by atoms with E-state index >= 15 is 0 Å². The van der Waals surface area contributed by atoms with E-state index in [1.54, 1.807) is 7.11 Å². The van der Waals surface area contributed by atoms with Gasteiger partial charge in [-0.3, -0.25) is 4.79 Å². The predicted molar refractivity (Wildman–Crippen MR) is 74.4 cm³/mol. The first-order valence-corrected chi connectivity index (χ1v) is 6.89. The summed E-state index contributed by atoms with van der Waals surface area (Å²) >= 11 is 0. The number of aryl methyl sites for hydroxylation is 1. The van der Waals surface area contributed by atoms with Gasteiger partial charge in [0, 0.05) is 17.8 Å². The molecule has 2 aliphatic heterocycles. The maximum Gasteiger partial charge on any atom is 0.229 e. The number of carbonyl (C=O) groups is 1. The van der Waals surface area contributed by atoms with Crippen molar-refractivity contribution < 1.29 is 9.53 Å². The van der Waals surface area contributed by atoms with Crippen molar-refractivity contribution in [1.29, 1.82) is 0 Å². The molecule has 0 aliphatic carbocycles. The van der Waals surface area contributed by atoms with Crippen molar-refractivity contribution in [3.8, 4) is 5.75 Å². The van der Waals surface area contributed by atoms with Gasteiger partial charge in [0.25, 0.3) is 0 Å². The maximum absolute atomic E-state index is 12.3. The number of ether oxygens (including phenoxy) is 1. The number of hydrogen-bond acceptors (Lipinski definition) is 3. The molecular weight excluding hydrogens is 240 g/mol. The average Bonchev–Trinajstić information content (AvgIpc) is 3.01. The Labute approximate surface area is 113 Å². The van der Waals surface area contributed by atoms with Gasteiger partial charge in [-0.15, -0.1) is 0 Å². The molecule has 19 heavy (non-hydrogen) atoms. The zero-order chi connectivity index (χ0) is 13.4. The minimum atomic E-state index is 0.126. The molecule has 102 valence electrons. The van der Waals surface area contributed by atoms with Crippen molar-refractivity contribution in [2.75, 3.05) is 12.4 Å². The molecule has 0 spiro atoms. The van der Waals surface area contributed by atoms with Gasteiger partial charge in [0.2, 0.25) is 5.91 Å². The van der Waals surface area contributed by atoms with Crippen LogP contribution in [-0.2, 0) is 4.79 Å². The van der Waals surface area contributed by atoms with E-state index in [0.29, 0.717) is 12.1 Å². The second-order valence-corrected chi connectivity index (χ2v) is 5.56. The summed E-state index contributed by atoms with van der Waals surface area (Å²) in [5.74, 6) is 1.12. The highest BCUT2D eigenvalue weighted by Crippen LogP contribution is 2.34. The van der Waals surface area contributed by atoms with E-state index in [4.69, 9.17) is 4.74 Å². The number of benzene rings is 1. The summed E-state index contributed by atoms with van der Waals surface area (Å²) in [4.78, 5) is 12.3. The summed E-state index contributed by atoms with van der Waals surface area (Å²) in [5, 5.41) is 6.52. The zero-order valence-corrected chi connectivity index (χ0v) is 11.4. The lowest BCUT2D eigenvalue weighted by atomic mass is 9.88. The van der Waals surface area contributed by atoms with E-state index in [2.05, 4.69) is 10.6 Å². The van der Waals surface area contributed by atoms with Crippen molar-refractivity contribution in [1.82, 2.24) is 5.32 Å². The number of hydrogen-bond donors (Lipinski definition) is 2. The van der Waals surface area contributed by atoms with Gasteiger partial charge in [-0.05, 0) is 49.9 Å². The van der Waals surface area contributed by atoms with Gasteiger partial charge in [-0.1, -0.05) is 0 Å². The Bertz CT molecular complexity index is 501. The number of rotatable bonds is 3. The van der Waals surface area contributed by atoms with Crippen LogP contribution >= 0.6 is 0 Å².